The minimum atomic E-state index is -0.784. The normalized spacial score (nSPS) is 9.68. The molecule has 0 heterocycles. The summed E-state index contributed by atoms with van der Waals surface area (Å²) in [5.41, 5.74) is 3.51. The molecule has 2 N–H and O–H groups in total. The third-order valence-corrected chi connectivity index (χ3v) is 3.22. The van der Waals surface area contributed by atoms with Gasteiger partial charge in [-0.1, -0.05) is 12.1 Å². The number of hydrogen-bond donors (Lipinski definition) is 2. The van der Waals surface area contributed by atoms with Gasteiger partial charge >= 0.3 is 11.8 Å². The molecule has 22 heavy (non-hydrogen) atoms. The van der Waals surface area contributed by atoms with E-state index in [1.165, 1.54) is 6.07 Å². The second-order valence-corrected chi connectivity index (χ2v) is 4.90. The summed E-state index contributed by atoms with van der Waals surface area (Å²) in [6.45, 7) is 3.90. The summed E-state index contributed by atoms with van der Waals surface area (Å²) in [6.07, 6.45) is 0. The van der Waals surface area contributed by atoms with Crippen LogP contribution in [0.2, 0.25) is 0 Å². The third-order valence-electron chi connectivity index (χ3n) is 3.22. The maximum atomic E-state index is 11.9. The lowest BCUT2D eigenvalue weighted by Crippen LogP contribution is -2.29. The van der Waals surface area contributed by atoms with E-state index in [0.717, 1.165) is 11.1 Å². The van der Waals surface area contributed by atoms with Crippen molar-refractivity contribution in [3.8, 4) is 6.07 Å². The van der Waals surface area contributed by atoms with Crippen LogP contribution in [-0.4, -0.2) is 11.8 Å². The topological polar surface area (TPSA) is 82.0 Å². The van der Waals surface area contributed by atoms with Crippen LogP contribution in [0.1, 0.15) is 16.7 Å². The maximum Gasteiger partial charge on any atom is 0.314 e. The van der Waals surface area contributed by atoms with Crippen molar-refractivity contribution >= 4 is 23.2 Å². The van der Waals surface area contributed by atoms with Crippen molar-refractivity contribution in [3.05, 3.63) is 59.2 Å². The van der Waals surface area contributed by atoms with Gasteiger partial charge in [-0.2, -0.15) is 5.26 Å². The number of benzene rings is 2. The van der Waals surface area contributed by atoms with Gasteiger partial charge in [0, 0.05) is 11.4 Å². The lowest BCUT2D eigenvalue weighted by atomic mass is 10.1. The van der Waals surface area contributed by atoms with Gasteiger partial charge in [-0.15, -0.1) is 0 Å². The predicted octanol–water partition coefficient (Wildman–Crippen LogP) is 2.75. The molecule has 0 aliphatic rings. The summed E-state index contributed by atoms with van der Waals surface area (Å²) in [4.78, 5) is 23.7. The predicted molar refractivity (Wildman–Crippen MR) is 84.3 cm³/mol. The van der Waals surface area contributed by atoms with Gasteiger partial charge in [-0.05, 0) is 55.3 Å². The number of carbonyl (C=O) groups excluding carboxylic acids is 2. The van der Waals surface area contributed by atoms with Crippen molar-refractivity contribution in [2.24, 2.45) is 0 Å². The molecule has 2 aromatic carbocycles. The van der Waals surface area contributed by atoms with E-state index < -0.39 is 11.8 Å². The van der Waals surface area contributed by atoms with E-state index in [1.807, 2.05) is 26.0 Å². The van der Waals surface area contributed by atoms with Crippen LogP contribution in [0.25, 0.3) is 0 Å². The Morgan fingerprint density at radius 3 is 2.14 bits per heavy atom. The van der Waals surface area contributed by atoms with Gasteiger partial charge in [0.25, 0.3) is 0 Å². The first-order valence-electron chi connectivity index (χ1n) is 6.69. The van der Waals surface area contributed by atoms with Crippen molar-refractivity contribution in [2.75, 3.05) is 10.6 Å². The molecular weight excluding hydrogens is 278 g/mol. The summed E-state index contributed by atoms with van der Waals surface area (Å²) in [5, 5.41) is 13.8. The fourth-order valence-electron chi connectivity index (χ4n) is 1.86. The number of aryl methyl sites for hydroxylation is 2. The quantitative estimate of drug-likeness (QED) is 0.835. The number of carbonyl (C=O) groups is 2. The molecule has 2 aromatic rings. The molecule has 0 saturated heterocycles. The van der Waals surface area contributed by atoms with E-state index in [4.69, 9.17) is 5.26 Å². The summed E-state index contributed by atoms with van der Waals surface area (Å²) >= 11 is 0. The van der Waals surface area contributed by atoms with Gasteiger partial charge < -0.3 is 10.6 Å². The molecule has 0 aliphatic heterocycles. The molecule has 5 nitrogen and oxygen atoms in total. The van der Waals surface area contributed by atoms with Gasteiger partial charge in [-0.25, -0.2) is 0 Å². The molecule has 2 rings (SSSR count). The summed E-state index contributed by atoms with van der Waals surface area (Å²) in [5.74, 6) is -1.54. The van der Waals surface area contributed by atoms with Gasteiger partial charge in [0.2, 0.25) is 0 Å². The van der Waals surface area contributed by atoms with E-state index in [9.17, 15) is 9.59 Å². The van der Waals surface area contributed by atoms with Crippen molar-refractivity contribution in [3.63, 3.8) is 0 Å². The Morgan fingerprint density at radius 1 is 0.909 bits per heavy atom. The molecule has 0 spiro atoms. The van der Waals surface area contributed by atoms with Gasteiger partial charge in [0.1, 0.15) is 0 Å². The van der Waals surface area contributed by atoms with E-state index in [0.29, 0.717) is 16.9 Å². The van der Waals surface area contributed by atoms with Crippen LogP contribution in [0.5, 0.6) is 0 Å². The monoisotopic (exact) mass is 293 g/mol. The Balaban J connectivity index is 2.04. The molecule has 0 atom stereocenters. The van der Waals surface area contributed by atoms with Crippen molar-refractivity contribution in [2.45, 2.75) is 13.8 Å². The highest BCUT2D eigenvalue weighted by Gasteiger charge is 2.14. The molecule has 0 aromatic heterocycles. The molecule has 110 valence electrons. The summed E-state index contributed by atoms with van der Waals surface area (Å²) in [6, 6.07) is 13.8. The first kappa shape index (κ1) is 15.3. The molecule has 0 aliphatic carbocycles. The SMILES string of the molecule is Cc1ccc(NC(=O)C(=O)Nc2cccc(C#N)c2)cc1C. The largest absolute Gasteiger partial charge is 0.318 e. The highest BCUT2D eigenvalue weighted by Crippen LogP contribution is 2.14. The van der Waals surface area contributed by atoms with Crippen LogP contribution in [0, 0.1) is 25.2 Å². The Hall–Kier alpha value is -3.13. The average Bonchev–Trinajstić information content (AvgIpc) is 2.51. The Bertz CT molecular complexity index is 776. The van der Waals surface area contributed by atoms with Gasteiger partial charge in [0.15, 0.2) is 0 Å². The molecule has 0 fully saturated rings. The van der Waals surface area contributed by atoms with Crippen LogP contribution in [-0.2, 0) is 9.59 Å². The molecule has 0 saturated carbocycles. The number of hydrogen-bond acceptors (Lipinski definition) is 3. The van der Waals surface area contributed by atoms with Crippen molar-refractivity contribution in [1.29, 1.82) is 5.26 Å². The zero-order valence-corrected chi connectivity index (χ0v) is 12.3. The zero-order chi connectivity index (χ0) is 16.1. The number of rotatable bonds is 2. The van der Waals surface area contributed by atoms with Gasteiger partial charge in [0.05, 0.1) is 11.6 Å². The van der Waals surface area contributed by atoms with Gasteiger partial charge in [-0.3, -0.25) is 9.59 Å². The fraction of sp³-hybridized carbons (Fsp3) is 0.118. The highest BCUT2D eigenvalue weighted by molar-refractivity contribution is 6.43. The maximum absolute atomic E-state index is 11.9. The highest BCUT2D eigenvalue weighted by atomic mass is 16.2. The second kappa shape index (κ2) is 6.55. The number of anilines is 2. The van der Waals surface area contributed by atoms with E-state index in [-0.39, 0.29) is 0 Å². The first-order chi connectivity index (χ1) is 10.5. The van der Waals surface area contributed by atoms with E-state index in [1.54, 1.807) is 30.3 Å². The van der Waals surface area contributed by atoms with Crippen LogP contribution < -0.4 is 10.6 Å². The minimum Gasteiger partial charge on any atom is -0.318 e. The van der Waals surface area contributed by atoms with Crippen LogP contribution >= 0.6 is 0 Å². The summed E-state index contributed by atoms with van der Waals surface area (Å²) in [7, 11) is 0. The number of amides is 2. The number of nitrogens with one attached hydrogen (secondary N) is 2. The molecule has 0 bridgehead atoms. The average molecular weight is 293 g/mol. The Labute approximate surface area is 128 Å². The Kier molecular flexibility index (Phi) is 4.54. The molecular formula is C17H15N3O2. The number of nitriles is 1. The molecule has 0 unspecified atom stereocenters. The third kappa shape index (κ3) is 3.70. The first-order valence-corrected chi connectivity index (χ1v) is 6.69. The van der Waals surface area contributed by atoms with E-state index in [2.05, 4.69) is 10.6 Å². The minimum absolute atomic E-state index is 0.402. The van der Waals surface area contributed by atoms with E-state index >= 15 is 0 Å². The lowest BCUT2D eigenvalue weighted by Gasteiger charge is -2.08. The van der Waals surface area contributed by atoms with Crippen LogP contribution in [0.3, 0.4) is 0 Å². The van der Waals surface area contributed by atoms with Crippen LogP contribution in [0.15, 0.2) is 42.5 Å². The smallest absolute Gasteiger partial charge is 0.314 e. The summed E-state index contributed by atoms with van der Waals surface area (Å²) < 4.78 is 0. The fourth-order valence-corrected chi connectivity index (χ4v) is 1.86. The molecule has 0 radical (unpaired) electrons. The zero-order valence-electron chi connectivity index (χ0n) is 12.3. The Morgan fingerprint density at radius 2 is 1.55 bits per heavy atom. The lowest BCUT2D eigenvalue weighted by molar-refractivity contribution is -0.132. The second-order valence-electron chi connectivity index (χ2n) is 4.90. The standard InChI is InChI=1S/C17H15N3O2/c1-11-6-7-15(8-12(11)2)20-17(22)16(21)19-14-5-3-4-13(9-14)10-18/h3-9H,1-2H3,(H,19,21)(H,20,22). The molecule has 5 heteroatoms. The van der Waals surface area contributed by atoms with Crippen molar-refractivity contribution < 1.29 is 9.59 Å². The van der Waals surface area contributed by atoms with Crippen LogP contribution in [0.4, 0.5) is 11.4 Å². The molecule has 2 amide bonds. The number of nitrogens with zero attached hydrogens (tertiary/aromatic N) is 1. The van der Waals surface area contributed by atoms with Crippen molar-refractivity contribution in [1.82, 2.24) is 0 Å².